The van der Waals surface area contributed by atoms with Gasteiger partial charge in [0.1, 0.15) is 29.3 Å². The lowest BCUT2D eigenvalue weighted by Crippen LogP contribution is -2.49. The summed E-state index contributed by atoms with van der Waals surface area (Å²) in [6.07, 6.45) is 4.70. The summed E-state index contributed by atoms with van der Waals surface area (Å²) in [5, 5.41) is 3.07. The Morgan fingerprint density at radius 3 is 2.71 bits per heavy atom. The number of benzene rings is 2. The van der Waals surface area contributed by atoms with Crippen molar-refractivity contribution >= 4 is 23.3 Å². The van der Waals surface area contributed by atoms with Crippen LogP contribution in [-0.2, 0) is 12.8 Å². The van der Waals surface area contributed by atoms with Gasteiger partial charge in [0.2, 0.25) is 5.78 Å². The Balaban J connectivity index is 1.12. The molecular weight excluding hydrogens is 482 g/mol. The zero-order valence-electron chi connectivity index (χ0n) is 21.7. The number of urea groups is 1. The first kappa shape index (κ1) is 24.2. The van der Waals surface area contributed by atoms with Crippen molar-refractivity contribution in [3.05, 3.63) is 70.7 Å². The van der Waals surface area contributed by atoms with E-state index in [2.05, 4.69) is 20.2 Å². The van der Waals surface area contributed by atoms with Gasteiger partial charge in [-0.2, -0.15) is 0 Å². The number of carbonyl (C=O) groups is 2. The molecule has 196 valence electrons. The second-order valence-electron chi connectivity index (χ2n) is 10.1. The van der Waals surface area contributed by atoms with Gasteiger partial charge in [0.15, 0.2) is 0 Å². The fourth-order valence-corrected chi connectivity index (χ4v) is 5.74. The van der Waals surface area contributed by atoms with E-state index in [0.29, 0.717) is 24.4 Å². The van der Waals surface area contributed by atoms with Gasteiger partial charge >= 0.3 is 6.03 Å². The van der Waals surface area contributed by atoms with Crippen molar-refractivity contribution in [3.8, 4) is 11.5 Å². The molecule has 0 saturated carbocycles. The van der Waals surface area contributed by atoms with Crippen LogP contribution in [-0.4, -0.2) is 66.1 Å². The number of rotatable bonds is 5. The zero-order valence-corrected chi connectivity index (χ0v) is 21.7. The molecule has 1 saturated heterocycles. The smallest absolute Gasteiger partial charge is 0.322 e. The molecule has 1 aromatic heterocycles. The summed E-state index contributed by atoms with van der Waals surface area (Å²) in [6, 6.07) is 11.4. The van der Waals surface area contributed by atoms with Gasteiger partial charge < -0.3 is 24.6 Å². The van der Waals surface area contributed by atoms with E-state index in [0.717, 1.165) is 78.5 Å². The molecule has 0 spiro atoms. The SMILES string of the molecule is COc1ccc2c(c1)CCN(C1CCN(c3cc(C(=O)c4cc(C)c5c(c4)CCO5)ncn3)CC1)C(=O)N2. The first-order chi connectivity index (χ1) is 18.5. The Morgan fingerprint density at radius 1 is 1.05 bits per heavy atom. The van der Waals surface area contributed by atoms with Crippen LogP contribution in [0.5, 0.6) is 11.5 Å². The van der Waals surface area contributed by atoms with Gasteiger partial charge in [0.25, 0.3) is 0 Å². The number of methoxy groups -OCH3 is 1. The lowest BCUT2D eigenvalue weighted by Gasteiger charge is -2.38. The summed E-state index contributed by atoms with van der Waals surface area (Å²) in [7, 11) is 1.65. The van der Waals surface area contributed by atoms with Gasteiger partial charge in [-0.15, -0.1) is 0 Å². The van der Waals surface area contributed by atoms with Crippen molar-refractivity contribution in [1.82, 2.24) is 14.9 Å². The van der Waals surface area contributed by atoms with E-state index in [1.807, 2.05) is 42.2 Å². The van der Waals surface area contributed by atoms with Crippen molar-refractivity contribution in [2.24, 2.45) is 0 Å². The second kappa shape index (κ2) is 9.96. The van der Waals surface area contributed by atoms with E-state index in [1.165, 1.54) is 6.33 Å². The third-order valence-corrected chi connectivity index (χ3v) is 7.78. The van der Waals surface area contributed by atoms with E-state index >= 15 is 0 Å². The van der Waals surface area contributed by atoms with E-state index in [-0.39, 0.29) is 17.9 Å². The second-order valence-corrected chi connectivity index (χ2v) is 10.1. The number of ether oxygens (including phenoxy) is 2. The van der Waals surface area contributed by atoms with Crippen LogP contribution in [0.25, 0.3) is 0 Å². The number of amides is 2. The largest absolute Gasteiger partial charge is 0.497 e. The molecule has 4 heterocycles. The molecule has 3 aliphatic rings. The fourth-order valence-electron chi connectivity index (χ4n) is 5.74. The number of ketones is 1. The molecule has 0 radical (unpaired) electrons. The summed E-state index contributed by atoms with van der Waals surface area (Å²) in [5.74, 6) is 2.32. The normalized spacial score (nSPS) is 17.3. The maximum atomic E-state index is 13.3. The minimum Gasteiger partial charge on any atom is -0.497 e. The molecular formula is C29H31N5O4. The molecule has 9 nitrogen and oxygen atoms in total. The monoisotopic (exact) mass is 513 g/mol. The van der Waals surface area contributed by atoms with Crippen LogP contribution >= 0.6 is 0 Å². The number of carbonyl (C=O) groups excluding carboxylic acids is 2. The molecule has 1 fully saturated rings. The lowest BCUT2D eigenvalue weighted by molar-refractivity contribution is 0.103. The average molecular weight is 514 g/mol. The number of anilines is 2. The van der Waals surface area contributed by atoms with Crippen molar-refractivity contribution in [2.75, 3.05) is 43.6 Å². The van der Waals surface area contributed by atoms with Crippen LogP contribution in [0, 0.1) is 6.92 Å². The Labute approximate surface area is 221 Å². The predicted molar refractivity (Wildman–Crippen MR) is 144 cm³/mol. The van der Waals surface area contributed by atoms with Gasteiger partial charge in [-0.25, -0.2) is 14.8 Å². The van der Waals surface area contributed by atoms with E-state index in [4.69, 9.17) is 9.47 Å². The minimum absolute atomic E-state index is 0.0580. The number of nitrogens with one attached hydrogen (secondary N) is 1. The molecule has 1 N–H and O–H groups in total. The number of aryl methyl sites for hydroxylation is 1. The topological polar surface area (TPSA) is 96.9 Å². The highest BCUT2D eigenvalue weighted by molar-refractivity contribution is 6.08. The first-order valence-electron chi connectivity index (χ1n) is 13.1. The third kappa shape index (κ3) is 4.53. The maximum absolute atomic E-state index is 13.3. The number of hydrogen-bond donors (Lipinski definition) is 1. The van der Waals surface area contributed by atoms with Crippen molar-refractivity contribution in [1.29, 1.82) is 0 Å². The molecule has 9 heteroatoms. The van der Waals surface area contributed by atoms with Gasteiger partial charge in [-0.3, -0.25) is 4.79 Å². The van der Waals surface area contributed by atoms with E-state index in [1.54, 1.807) is 13.2 Å². The molecule has 6 rings (SSSR count). The Kier molecular flexibility index (Phi) is 6.35. The van der Waals surface area contributed by atoms with Gasteiger partial charge in [0, 0.05) is 49.4 Å². The number of fused-ring (bicyclic) bond motifs is 2. The van der Waals surface area contributed by atoms with E-state index in [9.17, 15) is 9.59 Å². The number of hydrogen-bond acceptors (Lipinski definition) is 7. The summed E-state index contributed by atoms with van der Waals surface area (Å²) < 4.78 is 11.0. The highest BCUT2D eigenvalue weighted by Gasteiger charge is 2.31. The van der Waals surface area contributed by atoms with E-state index < -0.39 is 0 Å². The summed E-state index contributed by atoms with van der Waals surface area (Å²) in [5.41, 5.74) is 4.99. The van der Waals surface area contributed by atoms with Crippen LogP contribution in [0.3, 0.4) is 0 Å². The van der Waals surface area contributed by atoms with Gasteiger partial charge in [0.05, 0.1) is 13.7 Å². The number of aromatic nitrogens is 2. The summed E-state index contributed by atoms with van der Waals surface area (Å²) in [6.45, 7) is 4.77. The average Bonchev–Trinajstić information content (AvgIpc) is 3.37. The van der Waals surface area contributed by atoms with Gasteiger partial charge in [-0.1, -0.05) is 0 Å². The molecule has 2 amide bonds. The Bertz CT molecular complexity index is 1400. The summed E-state index contributed by atoms with van der Waals surface area (Å²) >= 11 is 0. The lowest BCUT2D eigenvalue weighted by atomic mass is 9.99. The van der Waals surface area contributed by atoms with Crippen LogP contribution in [0.4, 0.5) is 16.3 Å². The van der Waals surface area contributed by atoms with Crippen LogP contribution in [0.2, 0.25) is 0 Å². The highest BCUT2D eigenvalue weighted by Crippen LogP contribution is 2.32. The molecule has 0 unspecified atom stereocenters. The Morgan fingerprint density at radius 2 is 1.89 bits per heavy atom. The molecule has 0 atom stereocenters. The molecule has 38 heavy (non-hydrogen) atoms. The molecule has 0 bridgehead atoms. The van der Waals surface area contributed by atoms with Crippen LogP contribution in [0.1, 0.15) is 45.6 Å². The van der Waals surface area contributed by atoms with Crippen molar-refractivity contribution in [2.45, 2.75) is 38.6 Å². The molecule has 0 aliphatic carbocycles. The molecule has 3 aliphatic heterocycles. The zero-order chi connectivity index (χ0) is 26.2. The maximum Gasteiger partial charge on any atom is 0.322 e. The van der Waals surface area contributed by atoms with Crippen molar-refractivity contribution < 1.29 is 19.1 Å². The predicted octanol–water partition coefficient (Wildman–Crippen LogP) is 4.02. The first-order valence-corrected chi connectivity index (χ1v) is 13.1. The highest BCUT2D eigenvalue weighted by atomic mass is 16.5. The van der Waals surface area contributed by atoms with Gasteiger partial charge in [-0.05, 0) is 73.2 Å². The quantitative estimate of drug-likeness (QED) is 0.515. The minimum atomic E-state index is -0.112. The molecule has 2 aromatic carbocycles. The standard InChI is InChI=1S/C29H31N5O4/c1-18-13-21(14-20-8-12-38-28(18)20)27(35)25-16-26(31-17-30-25)33-9-6-22(7-10-33)34-11-5-19-15-23(37-2)3-4-24(19)32-29(34)36/h3-4,13-17,22H,5-12H2,1-2H3,(H,32,36). The number of piperidine rings is 1. The van der Waals surface area contributed by atoms with Crippen molar-refractivity contribution in [3.63, 3.8) is 0 Å². The fraction of sp³-hybridized carbons (Fsp3) is 0.379. The molecule has 3 aromatic rings. The van der Waals surface area contributed by atoms with Crippen LogP contribution < -0.4 is 19.7 Å². The van der Waals surface area contributed by atoms with Crippen LogP contribution in [0.15, 0.2) is 42.7 Å². The third-order valence-electron chi connectivity index (χ3n) is 7.78. The number of nitrogens with zero attached hydrogens (tertiary/aromatic N) is 4. The summed E-state index contributed by atoms with van der Waals surface area (Å²) in [4.78, 5) is 39.2. The Hall–Kier alpha value is -4.14.